The van der Waals surface area contributed by atoms with E-state index in [-0.39, 0.29) is 11.9 Å². The minimum absolute atomic E-state index is 0.164. The van der Waals surface area contributed by atoms with Gasteiger partial charge in [-0.25, -0.2) is 4.98 Å². The maximum Gasteiger partial charge on any atom is 0.252 e. The zero-order valence-electron chi connectivity index (χ0n) is 18.1. The molecule has 0 saturated carbocycles. The minimum Gasteiger partial charge on any atom is -0.497 e. The summed E-state index contributed by atoms with van der Waals surface area (Å²) in [6.07, 6.45) is 0. The first-order valence-corrected chi connectivity index (χ1v) is 11.0. The zero-order valence-corrected chi connectivity index (χ0v) is 19.6. The van der Waals surface area contributed by atoms with Crippen molar-refractivity contribution in [3.63, 3.8) is 0 Å². The summed E-state index contributed by atoms with van der Waals surface area (Å²) in [4.78, 5) is 18.2. The van der Waals surface area contributed by atoms with E-state index in [2.05, 4.69) is 21.2 Å². The number of halogens is 1. The van der Waals surface area contributed by atoms with Crippen molar-refractivity contribution in [2.24, 2.45) is 0 Å². The number of aromatic nitrogens is 1. The van der Waals surface area contributed by atoms with Crippen molar-refractivity contribution in [2.75, 3.05) is 14.2 Å². The van der Waals surface area contributed by atoms with Crippen molar-refractivity contribution >= 4 is 32.7 Å². The Morgan fingerprint density at radius 2 is 1.69 bits per heavy atom. The van der Waals surface area contributed by atoms with Gasteiger partial charge in [-0.05, 0) is 61.0 Å². The Labute approximate surface area is 195 Å². The van der Waals surface area contributed by atoms with Crippen molar-refractivity contribution in [2.45, 2.75) is 13.0 Å². The number of pyridine rings is 1. The standard InChI is InChI=1S/C26H23BrN2O3/c1-16(17-7-10-20(31-2)11-8-17)28-26(30)23-15-25(18-5-4-6-21(13-18)32-3)29-24-12-9-19(27)14-22(23)24/h4-16H,1-3H3,(H,28,30)/t16-/m1/s1. The molecule has 0 spiro atoms. The van der Waals surface area contributed by atoms with E-state index in [9.17, 15) is 4.79 Å². The summed E-state index contributed by atoms with van der Waals surface area (Å²) in [5.41, 5.74) is 3.89. The summed E-state index contributed by atoms with van der Waals surface area (Å²) < 4.78 is 11.5. The van der Waals surface area contributed by atoms with E-state index in [0.717, 1.165) is 38.0 Å². The molecule has 32 heavy (non-hydrogen) atoms. The summed E-state index contributed by atoms with van der Waals surface area (Å²) in [7, 11) is 3.26. The van der Waals surface area contributed by atoms with E-state index >= 15 is 0 Å². The van der Waals surface area contributed by atoms with Gasteiger partial charge in [-0.15, -0.1) is 0 Å². The van der Waals surface area contributed by atoms with Crippen molar-refractivity contribution in [1.82, 2.24) is 10.3 Å². The van der Waals surface area contributed by atoms with Crippen LogP contribution in [0.3, 0.4) is 0 Å². The predicted octanol–water partition coefficient (Wildman–Crippen LogP) is 6.17. The van der Waals surface area contributed by atoms with E-state index in [4.69, 9.17) is 14.5 Å². The molecule has 1 amide bonds. The molecule has 1 aromatic heterocycles. The lowest BCUT2D eigenvalue weighted by atomic mass is 10.0. The van der Waals surface area contributed by atoms with Gasteiger partial charge in [-0.1, -0.05) is 40.2 Å². The number of hydrogen-bond donors (Lipinski definition) is 1. The number of rotatable bonds is 6. The average Bonchev–Trinajstić information content (AvgIpc) is 2.83. The van der Waals surface area contributed by atoms with Crippen LogP contribution in [0.1, 0.15) is 28.9 Å². The third-order valence-corrected chi connectivity index (χ3v) is 5.84. The lowest BCUT2D eigenvalue weighted by molar-refractivity contribution is 0.0941. The van der Waals surface area contributed by atoms with Crippen LogP contribution in [0.15, 0.2) is 77.3 Å². The Hall–Kier alpha value is -3.38. The fraction of sp³-hybridized carbons (Fsp3) is 0.154. The summed E-state index contributed by atoms with van der Waals surface area (Å²) in [5, 5.41) is 3.90. The lowest BCUT2D eigenvalue weighted by Gasteiger charge is -2.17. The second-order valence-electron chi connectivity index (χ2n) is 7.42. The summed E-state index contributed by atoms with van der Waals surface area (Å²) >= 11 is 3.51. The number of methoxy groups -OCH3 is 2. The van der Waals surface area contributed by atoms with E-state index < -0.39 is 0 Å². The molecule has 4 rings (SSSR count). The number of amides is 1. The van der Waals surface area contributed by atoms with Crippen LogP contribution in [0, 0.1) is 0 Å². The first-order valence-electron chi connectivity index (χ1n) is 10.2. The molecule has 6 heteroatoms. The quantitative estimate of drug-likeness (QED) is 0.350. The molecule has 0 radical (unpaired) electrons. The van der Waals surface area contributed by atoms with Crippen LogP contribution in [0.4, 0.5) is 0 Å². The summed E-state index contributed by atoms with van der Waals surface area (Å²) in [6, 6.07) is 22.7. The molecule has 4 aromatic rings. The number of nitrogens with zero attached hydrogens (tertiary/aromatic N) is 1. The summed E-state index contributed by atoms with van der Waals surface area (Å²) in [6.45, 7) is 1.96. The highest BCUT2D eigenvalue weighted by atomic mass is 79.9. The number of ether oxygens (including phenoxy) is 2. The van der Waals surface area contributed by atoms with Crippen molar-refractivity contribution in [3.8, 4) is 22.8 Å². The number of carbonyl (C=O) groups is 1. The van der Waals surface area contributed by atoms with Crippen LogP contribution in [0.25, 0.3) is 22.2 Å². The van der Waals surface area contributed by atoms with Crippen LogP contribution in [-0.4, -0.2) is 25.1 Å². The van der Waals surface area contributed by atoms with Crippen LogP contribution in [0.2, 0.25) is 0 Å². The number of benzene rings is 3. The third-order valence-electron chi connectivity index (χ3n) is 5.34. The molecule has 5 nitrogen and oxygen atoms in total. The average molecular weight is 491 g/mol. The van der Waals surface area contributed by atoms with E-state index in [1.54, 1.807) is 14.2 Å². The molecule has 0 unspecified atom stereocenters. The predicted molar refractivity (Wildman–Crippen MR) is 130 cm³/mol. The van der Waals surface area contributed by atoms with Gasteiger partial charge in [0.15, 0.2) is 0 Å². The highest BCUT2D eigenvalue weighted by Crippen LogP contribution is 2.29. The van der Waals surface area contributed by atoms with Crippen LogP contribution in [-0.2, 0) is 0 Å². The molecule has 0 bridgehead atoms. The third kappa shape index (κ3) is 4.60. The molecule has 1 heterocycles. The first kappa shape index (κ1) is 21.8. The van der Waals surface area contributed by atoms with Crippen molar-refractivity contribution in [1.29, 1.82) is 0 Å². The van der Waals surface area contributed by atoms with Gasteiger partial charge < -0.3 is 14.8 Å². The molecule has 0 aliphatic heterocycles. The van der Waals surface area contributed by atoms with Gasteiger partial charge in [0.25, 0.3) is 5.91 Å². The highest BCUT2D eigenvalue weighted by Gasteiger charge is 2.17. The molecule has 0 aliphatic rings. The molecule has 162 valence electrons. The van der Waals surface area contributed by atoms with Gasteiger partial charge >= 0.3 is 0 Å². The molecule has 3 aromatic carbocycles. The second kappa shape index (κ2) is 9.40. The van der Waals surface area contributed by atoms with Gasteiger partial charge in [0.2, 0.25) is 0 Å². The minimum atomic E-state index is -0.177. The van der Waals surface area contributed by atoms with Gasteiger partial charge in [0.05, 0.1) is 37.0 Å². The fourth-order valence-electron chi connectivity index (χ4n) is 3.57. The molecule has 1 N–H and O–H groups in total. The molecule has 1 atom stereocenters. The molecular weight excluding hydrogens is 468 g/mol. The lowest BCUT2D eigenvalue weighted by Crippen LogP contribution is -2.27. The van der Waals surface area contributed by atoms with E-state index in [0.29, 0.717) is 11.3 Å². The van der Waals surface area contributed by atoms with Crippen molar-refractivity contribution in [3.05, 3.63) is 88.4 Å². The number of carbonyl (C=O) groups excluding carboxylic acids is 1. The Morgan fingerprint density at radius 1 is 0.938 bits per heavy atom. The Balaban J connectivity index is 1.73. The Kier molecular flexibility index (Phi) is 6.42. The summed E-state index contributed by atoms with van der Waals surface area (Å²) in [5.74, 6) is 1.35. The van der Waals surface area contributed by atoms with Gasteiger partial charge in [-0.2, -0.15) is 0 Å². The molecule has 0 aliphatic carbocycles. The topological polar surface area (TPSA) is 60.5 Å². The van der Waals surface area contributed by atoms with Crippen LogP contribution >= 0.6 is 15.9 Å². The monoisotopic (exact) mass is 490 g/mol. The van der Waals surface area contributed by atoms with Gasteiger partial charge in [-0.3, -0.25) is 4.79 Å². The van der Waals surface area contributed by atoms with E-state index in [1.165, 1.54) is 0 Å². The molecule has 0 saturated heterocycles. The number of nitrogens with one attached hydrogen (secondary N) is 1. The largest absolute Gasteiger partial charge is 0.497 e. The zero-order chi connectivity index (χ0) is 22.7. The number of hydrogen-bond acceptors (Lipinski definition) is 4. The smallest absolute Gasteiger partial charge is 0.252 e. The van der Waals surface area contributed by atoms with Gasteiger partial charge in [0, 0.05) is 15.4 Å². The number of fused-ring (bicyclic) bond motifs is 1. The van der Waals surface area contributed by atoms with Gasteiger partial charge in [0.1, 0.15) is 11.5 Å². The molecule has 0 fully saturated rings. The highest BCUT2D eigenvalue weighted by molar-refractivity contribution is 9.10. The van der Waals surface area contributed by atoms with Crippen LogP contribution < -0.4 is 14.8 Å². The maximum atomic E-state index is 13.4. The Morgan fingerprint density at radius 3 is 2.41 bits per heavy atom. The second-order valence-corrected chi connectivity index (χ2v) is 8.33. The van der Waals surface area contributed by atoms with Crippen LogP contribution in [0.5, 0.6) is 11.5 Å². The normalized spacial score (nSPS) is 11.8. The van der Waals surface area contributed by atoms with Crippen molar-refractivity contribution < 1.29 is 14.3 Å². The van der Waals surface area contributed by atoms with E-state index in [1.807, 2.05) is 79.7 Å². The maximum absolute atomic E-state index is 13.4. The first-order chi connectivity index (χ1) is 15.5. The molecular formula is C26H23BrN2O3. The Bertz CT molecular complexity index is 1270. The SMILES string of the molecule is COc1ccc([C@@H](C)NC(=O)c2cc(-c3cccc(OC)c3)nc3ccc(Br)cc23)cc1. The fourth-order valence-corrected chi connectivity index (χ4v) is 3.93.